The average molecular weight is 721 g/mol. The molecule has 2 heterocycles. The van der Waals surface area contributed by atoms with Gasteiger partial charge in [-0.3, -0.25) is 0 Å². The highest BCUT2D eigenvalue weighted by atomic mass is 32.2. The third-order valence-electron chi connectivity index (χ3n) is 11.3. The predicted molar refractivity (Wildman–Crippen MR) is 234 cm³/mol. The average Bonchev–Trinajstić information content (AvgIpc) is 3.80. The molecule has 11 rings (SSSR count). The van der Waals surface area contributed by atoms with Crippen LogP contribution < -0.4 is 4.90 Å². The number of anilines is 2. The fourth-order valence-electron chi connectivity index (χ4n) is 8.81. The molecule has 2 aliphatic rings. The van der Waals surface area contributed by atoms with Gasteiger partial charge in [0.2, 0.25) is 0 Å². The quantitative estimate of drug-likeness (QED) is 0.169. The number of fused-ring (bicyclic) bond motifs is 7. The maximum Gasteiger partial charge on any atom is 0.0547 e. The van der Waals surface area contributed by atoms with Crippen molar-refractivity contribution in [2.45, 2.75) is 16.1 Å². The molecule has 0 N–H and O–H groups in total. The molecule has 260 valence electrons. The lowest BCUT2D eigenvalue weighted by Crippen LogP contribution is -2.26. The number of hydrogen-bond acceptors (Lipinski definition) is 2. The zero-order valence-electron chi connectivity index (χ0n) is 30.1. The maximum atomic E-state index is 2.48. The largest absolute Gasteiger partial charge is 0.314 e. The molecule has 2 atom stereocenters. The van der Waals surface area contributed by atoms with E-state index in [-0.39, 0.29) is 5.92 Å². The van der Waals surface area contributed by atoms with E-state index in [1.807, 2.05) is 11.8 Å². The van der Waals surface area contributed by atoms with Gasteiger partial charge in [0.1, 0.15) is 0 Å². The Morgan fingerprint density at radius 3 is 1.91 bits per heavy atom. The highest BCUT2D eigenvalue weighted by Crippen LogP contribution is 2.53. The van der Waals surface area contributed by atoms with Crippen LogP contribution in [0.15, 0.2) is 217 Å². The molecule has 55 heavy (non-hydrogen) atoms. The molecule has 9 aromatic rings. The van der Waals surface area contributed by atoms with Crippen molar-refractivity contribution in [1.82, 2.24) is 4.57 Å². The minimum Gasteiger partial charge on any atom is -0.314 e. The Kier molecular flexibility index (Phi) is 7.60. The number of aromatic nitrogens is 1. The molecule has 8 aromatic carbocycles. The second-order valence-corrected chi connectivity index (χ2v) is 15.7. The zero-order valence-corrected chi connectivity index (χ0v) is 30.9. The van der Waals surface area contributed by atoms with Crippen LogP contribution in [0.4, 0.5) is 11.4 Å². The van der Waals surface area contributed by atoms with E-state index in [1.54, 1.807) is 0 Å². The topological polar surface area (TPSA) is 8.17 Å². The standard InChI is InChI=1S/C52H36N2S/c1-3-13-35(14-4-1)36-25-29-41(30-26-36)53(47-22-12-24-50-52(47)44-19-9-10-23-49(44)55-50)42-31-27-37(28-32-42)43-20-11-21-46-51(43)45-33-38-15-7-8-16-39(38)34-48(45)54(46)40-17-5-2-6-18-40/h1-34,50,52H. The van der Waals surface area contributed by atoms with E-state index in [0.29, 0.717) is 5.25 Å². The molecule has 2 unspecified atom stereocenters. The summed E-state index contributed by atoms with van der Waals surface area (Å²) < 4.78 is 2.42. The summed E-state index contributed by atoms with van der Waals surface area (Å²) in [6.07, 6.45) is 6.95. The van der Waals surface area contributed by atoms with E-state index in [2.05, 4.69) is 216 Å². The fourth-order valence-corrected chi connectivity index (χ4v) is 10.2. The molecule has 2 nitrogen and oxygen atoms in total. The van der Waals surface area contributed by atoms with Crippen molar-refractivity contribution in [3.63, 3.8) is 0 Å². The minimum absolute atomic E-state index is 0.257. The third-order valence-corrected chi connectivity index (χ3v) is 12.7. The molecule has 0 fully saturated rings. The number of allylic oxidation sites excluding steroid dienone is 3. The van der Waals surface area contributed by atoms with E-state index in [1.165, 1.54) is 76.7 Å². The number of benzene rings is 8. The Balaban J connectivity index is 1.06. The normalized spacial score (nSPS) is 16.0. The number of nitrogens with zero attached hydrogens (tertiary/aromatic N) is 2. The summed E-state index contributed by atoms with van der Waals surface area (Å²) in [5.74, 6) is 0.257. The molecular formula is C52H36N2S. The Bertz CT molecular complexity index is 2940. The summed E-state index contributed by atoms with van der Waals surface area (Å²) in [6.45, 7) is 0. The first-order chi connectivity index (χ1) is 27.3. The van der Waals surface area contributed by atoms with Gasteiger partial charge in [0, 0.05) is 49.6 Å². The highest BCUT2D eigenvalue weighted by Gasteiger charge is 2.38. The summed E-state index contributed by atoms with van der Waals surface area (Å²) in [5.41, 5.74) is 13.5. The van der Waals surface area contributed by atoms with Gasteiger partial charge in [-0.15, -0.1) is 11.8 Å². The van der Waals surface area contributed by atoms with Crippen molar-refractivity contribution in [2.75, 3.05) is 4.90 Å². The van der Waals surface area contributed by atoms with Gasteiger partial charge in [-0.25, -0.2) is 0 Å². The van der Waals surface area contributed by atoms with E-state index in [9.17, 15) is 0 Å². The van der Waals surface area contributed by atoms with Crippen LogP contribution in [0.25, 0.3) is 60.5 Å². The van der Waals surface area contributed by atoms with Gasteiger partial charge in [0.05, 0.1) is 11.0 Å². The van der Waals surface area contributed by atoms with Gasteiger partial charge in [-0.2, -0.15) is 0 Å². The van der Waals surface area contributed by atoms with Gasteiger partial charge < -0.3 is 9.47 Å². The molecule has 1 aliphatic heterocycles. The van der Waals surface area contributed by atoms with E-state index in [0.717, 1.165) is 11.4 Å². The van der Waals surface area contributed by atoms with Gasteiger partial charge in [-0.1, -0.05) is 140 Å². The molecule has 1 aliphatic carbocycles. The zero-order chi connectivity index (χ0) is 36.3. The summed E-state index contributed by atoms with van der Waals surface area (Å²) in [4.78, 5) is 3.86. The van der Waals surface area contributed by atoms with E-state index in [4.69, 9.17) is 0 Å². The molecule has 1 aromatic heterocycles. The van der Waals surface area contributed by atoms with Crippen LogP contribution in [0.1, 0.15) is 11.5 Å². The number of thioether (sulfide) groups is 1. The molecule has 0 radical (unpaired) electrons. The Hall–Kier alpha value is -6.55. The van der Waals surface area contributed by atoms with Gasteiger partial charge in [0.25, 0.3) is 0 Å². The molecule has 0 amide bonds. The highest BCUT2D eigenvalue weighted by molar-refractivity contribution is 8.00. The number of rotatable bonds is 6. The van der Waals surface area contributed by atoms with Crippen LogP contribution in [0.5, 0.6) is 0 Å². The Morgan fingerprint density at radius 1 is 0.509 bits per heavy atom. The van der Waals surface area contributed by atoms with Crippen molar-refractivity contribution in [2.24, 2.45) is 0 Å². The van der Waals surface area contributed by atoms with Crippen LogP contribution in [-0.2, 0) is 0 Å². The molecular weight excluding hydrogens is 685 g/mol. The lowest BCUT2D eigenvalue weighted by atomic mass is 9.87. The maximum absolute atomic E-state index is 2.48. The fraction of sp³-hybridized carbons (Fsp3) is 0.0385. The third kappa shape index (κ3) is 5.34. The van der Waals surface area contributed by atoms with Gasteiger partial charge in [0.15, 0.2) is 0 Å². The number of hydrogen-bond donors (Lipinski definition) is 0. The molecule has 0 saturated carbocycles. The van der Waals surface area contributed by atoms with Crippen LogP contribution in [0.3, 0.4) is 0 Å². The lowest BCUT2D eigenvalue weighted by Gasteiger charge is -2.35. The Labute approximate surface area is 325 Å². The van der Waals surface area contributed by atoms with Crippen LogP contribution in [0.2, 0.25) is 0 Å². The van der Waals surface area contributed by atoms with Crippen LogP contribution in [0, 0.1) is 0 Å². The SMILES string of the molecule is C1=CC2Sc3ccccc3C2C(N(c2ccc(-c3ccccc3)cc2)c2ccc(-c3cccc4c3c3cc5ccccc5cc3n4-c3ccccc3)cc2)=C1. The van der Waals surface area contributed by atoms with Crippen molar-refractivity contribution in [3.05, 3.63) is 218 Å². The van der Waals surface area contributed by atoms with Gasteiger partial charge in [-0.05, 0) is 105 Å². The smallest absolute Gasteiger partial charge is 0.0547 e. The predicted octanol–water partition coefficient (Wildman–Crippen LogP) is 14.1. The summed E-state index contributed by atoms with van der Waals surface area (Å²) in [5, 5.41) is 5.39. The Morgan fingerprint density at radius 2 is 1.15 bits per heavy atom. The second kappa shape index (κ2) is 13.1. The van der Waals surface area contributed by atoms with Crippen molar-refractivity contribution in [3.8, 4) is 27.9 Å². The summed E-state index contributed by atoms with van der Waals surface area (Å²) >= 11 is 1.98. The van der Waals surface area contributed by atoms with Crippen molar-refractivity contribution in [1.29, 1.82) is 0 Å². The first kappa shape index (κ1) is 31.9. The molecule has 0 saturated heterocycles. The first-order valence-electron chi connectivity index (χ1n) is 19.0. The van der Waals surface area contributed by atoms with Crippen molar-refractivity contribution < 1.29 is 0 Å². The first-order valence-corrected chi connectivity index (χ1v) is 19.9. The number of para-hydroxylation sites is 1. The minimum atomic E-state index is 0.257. The van der Waals surface area contributed by atoms with Gasteiger partial charge >= 0.3 is 0 Å². The molecule has 0 bridgehead atoms. The lowest BCUT2D eigenvalue weighted by molar-refractivity contribution is 0.795. The van der Waals surface area contributed by atoms with E-state index < -0.39 is 0 Å². The second-order valence-electron chi connectivity index (χ2n) is 14.5. The monoisotopic (exact) mass is 720 g/mol. The molecule has 3 heteroatoms. The van der Waals surface area contributed by atoms with E-state index >= 15 is 0 Å². The van der Waals surface area contributed by atoms with Crippen LogP contribution in [-0.4, -0.2) is 9.82 Å². The van der Waals surface area contributed by atoms with Crippen LogP contribution >= 0.6 is 11.8 Å². The molecule has 0 spiro atoms. The van der Waals surface area contributed by atoms with Crippen molar-refractivity contribution >= 4 is 55.7 Å². The summed E-state index contributed by atoms with van der Waals surface area (Å²) in [6, 6.07) is 68.8. The summed E-state index contributed by atoms with van der Waals surface area (Å²) in [7, 11) is 0.